The van der Waals surface area contributed by atoms with Gasteiger partial charge in [-0.25, -0.2) is 13.6 Å². The first-order valence-corrected chi connectivity index (χ1v) is 11.1. The molecule has 1 amide bonds. The summed E-state index contributed by atoms with van der Waals surface area (Å²) in [7, 11) is 0. The molecule has 2 unspecified atom stereocenters. The zero-order valence-corrected chi connectivity index (χ0v) is 19.7. The van der Waals surface area contributed by atoms with Gasteiger partial charge in [-0.2, -0.15) is 13.2 Å². The number of carboxylic acids is 1. The van der Waals surface area contributed by atoms with Gasteiger partial charge in [0.2, 0.25) is 0 Å². The highest BCUT2D eigenvalue weighted by Crippen LogP contribution is 2.28. The van der Waals surface area contributed by atoms with Crippen molar-refractivity contribution < 1.29 is 36.6 Å². The Kier molecular flexibility index (Phi) is 7.93. The van der Waals surface area contributed by atoms with Gasteiger partial charge in [0.1, 0.15) is 29.3 Å². The number of benzene rings is 2. The number of rotatable bonds is 8. The average molecular weight is 560 g/mol. The summed E-state index contributed by atoms with van der Waals surface area (Å²) in [6.07, 6.45) is -3.78. The number of fused-ring (bicyclic) bond motifs is 1. The topological polar surface area (TPSA) is 91.3 Å². The third kappa shape index (κ3) is 6.05. The number of aromatic nitrogens is 1. The molecule has 0 radical (unpaired) electrons. The number of aliphatic carboxylic acids is 1. The quantitative estimate of drug-likeness (QED) is 0.319. The standard InChI is InChI=1S/C23H19BrF5N3O3/c1-2-18(23(27,28)29)31-12-9-15(25)19(16(26)10-12)21(33)32-17(22(34)35)8-11-5-6-14(24)13-4-3-7-30-20(11)13/h3-7,9-10,17-18,31H,2,8H2,1H3,(H,32,33)(H,34,35). The molecule has 2 aromatic carbocycles. The summed E-state index contributed by atoms with van der Waals surface area (Å²) < 4.78 is 68.7. The van der Waals surface area contributed by atoms with Gasteiger partial charge in [-0.15, -0.1) is 0 Å². The fraction of sp³-hybridized carbons (Fsp3) is 0.261. The van der Waals surface area contributed by atoms with Crippen molar-refractivity contribution in [2.75, 3.05) is 5.32 Å². The minimum absolute atomic E-state index is 0.242. The third-order valence-electron chi connectivity index (χ3n) is 5.24. The molecular weight excluding hydrogens is 541 g/mol. The SMILES string of the molecule is CCC(Nc1cc(F)c(C(=O)NC(Cc2ccc(Br)c3cccnc23)C(=O)O)c(F)c1)C(F)(F)F. The van der Waals surface area contributed by atoms with E-state index >= 15 is 0 Å². The molecule has 12 heteroatoms. The smallest absolute Gasteiger partial charge is 0.408 e. The molecule has 0 aliphatic carbocycles. The molecule has 0 saturated heterocycles. The summed E-state index contributed by atoms with van der Waals surface area (Å²) in [5.74, 6) is -5.71. The van der Waals surface area contributed by atoms with Crippen molar-refractivity contribution in [3.8, 4) is 0 Å². The Morgan fingerprint density at radius 2 is 1.80 bits per heavy atom. The van der Waals surface area contributed by atoms with E-state index in [0.29, 0.717) is 33.1 Å². The molecule has 2 atom stereocenters. The van der Waals surface area contributed by atoms with Gasteiger partial charge < -0.3 is 15.7 Å². The predicted octanol–water partition coefficient (Wildman–Crippen LogP) is 5.45. The van der Waals surface area contributed by atoms with Crippen LogP contribution in [-0.4, -0.2) is 40.2 Å². The average Bonchev–Trinajstić information content (AvgIpc) is 2.77. The van der Waals surface area contributed by atoms with Crippen LogP contribution in [0.3, 0.4) is 0 Å². The molecule has 3 rings (SSSR count). The Balaban J connectivity index is 1.85. The van der Waals surface area contributed by atoms with Crippen molar-refractivity contribution >= 4 is 44.4 Å². The molecule has 186 valence electrons. The number of hydrogen-bond acceptors (Lipinski definition) is 4. The van der Waals surface area contributed by atoms with Crippen LogP contribution in [0.25, 0.3) is 10.9 Å². The van der Waals surface area contributed by atoms with E-state index in [0.717, 1.165) is 0 Å². The molecule has 0 aliphatic heterocycles. The van der Waals surface area contributed by atoms with Gasteiger partial charge in [-0.3, -0.25) is 9.78 Å². The fourth-order valence-electron chi connectivity index (χ4n) is 3.50. The number of nitrogens with zero attached hydrogens (tertiary/aromatic N) is 1. The Labute approximate surface area is 204 Å². The first-order valence-electron chi connectivity index (χ1n) is 10.3. The maximum absolute atomic E-state index is 14.6. The van der Waals surface area contributed by atoms with E-state index in [4.69, 9.17) is 0 Å². The number of anilines is 1. The summed E-state index contributed by atoms with van der Waals surface area (Å²) in [6, 6.07) is 4.21. The number of carboxylic acid groups (broad SMARTS) is 1. The lowest BCUT2D eigenvalue weighted by Gasteiger charge is -2.22. The molecule has 0 fully saturated rings. The Morgan fingerprint density at radius 1 is 1.14 bits per heavy atom. The van der Waals surface area contributed by atoms with Crippen LogP contribution in [0.4, 0.5) is 27.6 Å². The lowest BCUT2D eigenvalue weighted by Crippen LogP contribution is -2.43. The van der Waals surface area contributed by atoms with Gasteiger partial charge in [0.15, 0.2) is 0 Å². The van der Waals surface area contributed by atoms with Crippen LogP contribution in [0, 0.1) is 11.6 Å². The van der Waals surface area contributed by atoms with Crippen molar-refractivity contribution in [2.45, 2.75) is 38.0 Å². The molecule has 35 heavy (non-hydrogen) atoms. The normalized spacial score (nSPS) is 13.3. The zero-order valence-electron chi connectivity index (χ0n) is 18.1. The van der Waals surface area contributed by atoms with Crippen LogP contribution < -0.4 is 10.6 Å². The van der Waals surface area contributed by atoms with E-state index in [9.17, 15) is 36.6 Å². The highest BCUT2D eigenvalue weighted by Gasteiger charge is 2.38. The van der Waals surface area contributed by atoms with Gasteiger partial charge in [0.25, 0.3) is 5.91 Å². The molecular formula is C23H19BrF5N3O3. The van der Waals surface area contributed by atoms with Crippen LogP contribution in [0.2, 0.25) is 0 Å². The number of carbonyl (C=O) groups excluding carboxylic acids is 1. The molecule has 0 aliphatic rings. The zero-order chi connectivity index (χ0) is 25.9. The van der Waals surface area contributed by atoms with Crippen molar-refractivity contribution in [3.05, 3.63) is 69.8 Å². The molecule has 0 saturated carbocycles. The number of pyridine rings is 1. The molecule has 1 heterocycles. The van der Waals surface area contributed by atoms with E-state index < -0.39 is 59.4 Å². The molecule has 3 aromatic rings. The van der Waals surface area contributed by atoms with Gasteiger partial charge in [-0.05, 0) is 36.2 Å². The van der Waals surface area contributed by atoms with Gasteiger partial charge in [-0.1, -0.05) is 35.0 Å². The van der Waals surface area contributed by atoms with Gasteiger partial charge in [0, 0.05) is 28.2 Å². The molecule has 3 N–H and O–H groups in total. The largest absolute Gasteiger partial charge is 0.480 e. The van der Waals surface area contributed by atoms with E-state index in [2.05, 4.69) is 26.2 Å². The highest BCUT2D eigenvalue weighted by molar-refractivity contribution is 9.10. The molecule has 6 nitrogen and oxygen atoms in total. The van der Waals surface area contributed by atoms with E-state index in [1.54, 1.807) is 24.3 Å². The maximum atomic E-state index is 14.6. The van der Waals surface area contributed by atoms with Crippen molar-refractivity contribution in [1.29, 1.82) is 0 Å². The van der Waals surface area contributed by atoms with Crippen LogP contribution in [-0.2, 0) is 11.2 Å². The summed E-state index contributed by atoms with van der Waals surface area (Å²) >= 11 is 3.37. The van der Waals surface area contributed by atoms with E-state index in [1.807, 2.05) is 5.32 Å². The Morgan fingerprint density at radius 3 is 2.37 bits per heavy atom. The van der Waals surface area contributed by atoms with E-state index in [1.165, 1.54) is 13.1 Å². The number of nitrogens with one attached hydrogen (secondary N) is 2. The second-order valence-corrected chi connectivity index (χ2v) is 8.49. The number of alkyl halides is 3. The minimum atomic E-state index is -4.65. The second-order valence-electron chi connectivity index (χ2n) is 7.64. The number of halogens is 6. The van der Waals surface area contributed by atoms with Crippen LogP contribution in [0.15, 0.2) is 47.1 Å². The Hall–Kier alpha value is -3.28. The highest BCUT2D eigenvalue weighted by atomic mass is 79.9. The monoisotopic (exact) mass is 559 g/mol. The molecule has 0 spiro atoms. The first-order chi connectivity index (χ1) is 16.4. The minimum Gasteiger partial charge on any atom is -0.480 e. The summed E-state index contributed by atoms with van der Waals surface area (Å²) in [4.78, 5) is 28.6. The van der Waals surface area contributed by atoms with Crippen LogP contribution in [0.5, 0.6) is 0 Å². The lowest BCUT2D eigenvalue weighted by atomic mass is 10.0. The summed E-state index contributed by atoms with van der Waals surface area (Å²) in [5.41, 5.74) is -0.677. The lowest BCUT2D eigenvalue weighted by molar-refractivity contribution is -0.143. The molecule has 1 aromatic heterocycles. The fourth-order valence-corrected chi connectivity index (χ4v) is 3.95. The van der Waals surface area contributed by atoms with Gasteiger partial charge in [0.05, 0.1) is 5.52 Å². The van der Waals surface area contributed by atoms with Crippen molar-refractivity contribution in [2.24, 2.45) is 0 Å². The van der Waals surface area contributed by atoms with Crippen LogP contribution >= 0.6 is 15.9 Å². The number of hydrogen-bond donors (Lipinski definition) is 3. The maximum Gasteiger partial charge on any atom is 0.408 e. The third-order valence-corrected chi connectivity index (χ3v) is 5.93. The van der Waals surface area contributed by atoms with E-state index in [-0.39, 0.29) is 6.42 Å². The summed E-state index contributed by atoms with van der Waals surface area (Å²) in [6.45, 7) is 1.25. The second kappa shape index (κ2) is 10.5. The molecule has 0 bridgehead atoms. The Bertz CT molecular complexity index is 1250. The van der Waals surface area contributed by atoms with Crippen molar-refractivity contribution in [1.82, 2.24) is 10.3 Å². The van der Waals surface area contributed by atoms with Crippen molar-refractivity contribution in [3.63, 3.8) is 0 Å². The van der Waals surface area contributed by atoms with Crippen LogP contribution in [0.1, 0.15) is 29.3 Å². The van der Waals surface area contributed by atoms with Gasteiger partial charge >= 0.3 is 12.1 Å². The number of carbonyl (C=O) groups is 2. The predicted molar refractivity (Wildman–Crippen MR) is 122 cm³/mol. The summed E-state index contributed by atoms with van der Waals surface area (Å²) in [5, 5.41) is 14.4. The first kappa shape index (κ1) is 26.3. The number of amides is 1.